The summed E-state index contributed by atoms with van der Waals surface area (Å²) in [6.07, 6.45) is 10.7. The van der Waals surface area contributed by atoms with Gasteiger partial charge in [-0.1, -0.05) is 0 Å². The zero-order chi connectivity index (χ0) is 28.0. The Bertz CT molecular complexity index is 1140. The number of hydrogen-bond acceptors (Lipinski definition) is 8. The summed E-state index contributed by atoms with van der Waals surface area (Å²) in [7, 11) is 0. The molecule has 11 heteroatoms. The number of carboxylic acids is 2. The first-order valence-electron chi connectivity index (χ1n) is 13.4. The van der Waals surface area contributed by atoms with E-state index in [0.29, 0.717) is 42.6 Å². The molecule has 4 aliphatic carbocycles. The van der Waals surface area contributed by atoms with Gasteiger partial charge in [0, 0.05) is 31.4 Å². The van der Waals surface area contributed by atoms with Crippen molar-refractivity contribution in [2.24, 2.45) is 23.7 Å². The predicted octanol–water partition coefficient (Wildman–Crippen LogP) is 2.38. The van der Waals surface area contributed by atoms with E-state index in [1.54, 1.807) is 12.3 Å². The average molecular weight is 535 g/mol. The third-order valence-corrected chi connectivity index (χ3v) is 8.65. The lowest BCUT2D eigenvalue weighted by molar-refractivity contribution is -0.134. The second-order valence-corrected chi connectivity index (χ2v) is 11.1. The highest BCUT2D eigenvalue weighted by Crippen LogP contribution is 2.58. The molecule has 1 unspecified atom stereocenters. The van der Waals surface area contributed by atoms with Gasteiger partial charge >= 0.3 is 11.9 Å². The van der Waals surface area contributed by atoms with Crippen LogP contribution in [0.1, 0.15) is 50.5 Å². The minimum atomic E-state index is -1.26. The van der Waals surface area contributed by atoms with Crippen LogP contribution in [0, 0.1) is 46.3 Å². The number of hydrogen-bond donors (Lipinski definition) is 4. The van der Waals surface area contributed by atoms with Crippen LogP contribution in [0.2, 0.25) is 0 Å². The Hall–Kier alpha value is -3.96. The molecular weight excluding hydrogens is 500 g/mol. The fraction of sp³-hybridized carbons (Fsp3) is 0.571. The van der Waals surface area contributed by atoms with Crippen LogP contribution < -0.4 is 10.6 Å². The quantitative estimate of drug-likeness (QED) is 0.362. The van der Waals surface area contributed by atoms with E-state index < -0.39 is 11.9 Å². The third-order valence-electron chi connectivity index (χ3n) is 8.65. The van der Waals surface area contributed by atoms with E-state index in [9.17, 15) is 19.6 Å². The zero-order valence-electron chi connectivity index (χ0n) is 21.8. The molecule has 1 atom stereocenters. The highest BCUT2D eigenvalue weighted by Gasteiger charge is 2.57. The first-order chi connectivity index (χ1) is 18.7. The first-order valence-corrected chi connectivity index (χ1v) is 13.4. The van der Waals surface area contributed by atoms with Crippen molar-refractivity contribution >= 4 is 23.7 Å². The number of anilines is 1. The number of carbonyl (C=O) groups excluding carboxylic acids is 1. The lowest BCUT2D eigenvalue weighted by Crippen LogP contribution is -2.69. The topological polar surface area (TPSA) is 179 Å². The number of aromatic nitrogens is 1. The van der Waals surface area contributed by atoms with Gasteiger partial charge in [-0.15, -0.1) is 0 Å². The molecule has 5 fully saturated rings. The molecule has 206 valence electrons. The summed E-state index contributed by atoms with van der Waals surface area (Å²) in [6, 6.07) is 7.92. The molecule has 4 bridgehead atoms. The van der Waals surface area contributed by atoms with Crippen molar-refractivity contribution in [2.45, 2.75) is 56.5 Å². The molecule has 1 aliphatic heterocycles. The zero-order valence-corrected chi connectivity index (χ0v) is 21.8. The number of nitrogens with zero attached hydrogens (tertiary/aromatic N) is 4. The monoisotopic (exact) mass is 534 g/mol. The summed E-state index contributed by atoms with van der Waals surface area (Å²) in [6.45, 7) is 1.79. The molecule has 1 amide bonds. The Morgan fingerprint density at radius 2 is 1.69 bits per heavy atom. The average Bonchev–Trinajstić information content (AvgIpc) is 3.36. The Morgan fingerprint density at radius 3 is 2.21 bits per heavy atom. The number of rotatable bonds is 8. The molecule has 1 aromatic rings. The van der Waals surface area contributed by atoms with Gasteiger partial charge < -0.3 is 20.8 Å². The van der Waals surface area contributed by atoms with Crippen LogP contribution >= 0.6 is 0 Å². The van der Waals surface area contributed by atoms with Crippen LogP contribution in [0.25, 0.3) is 0 Å². The lowest BCUT2D eigenvalue weighted by atomic mass is 9.48. The lowest BCUT2D eigenvalue weighted by Gasteiger charge is -2.61. The first kappa shape index (κ1) is 28.1. The van der Waals surface area contributed by atoms with Crippen molar-refractivity contribution in [3.05, 3.63) is 36.0 Å². The summed E-state index contributed by atoms with van der Waals surface area (Å²) in [5.41, 5.74) is 0.280. The van der Waals surface area contributed by atoms with E-state index in [4.69, 9.17) is 15.5 Å². The van der Waals surface area contributed by atoms with Gasteiger partial charge in [0.2, 0.25) is 5.91 Å². The predicted molar refractivity (Wildman–Crippen MR) is 140 cm³/mol. The molecule has 4 saturated carbocycles. The Morgan fingerprint density at radius 1 is 1.05 bits per heavy atom. The summed E-state index contributed by atoms with van der Waals surface area (Å²) < 4.78 is 0. The molecule has 0 spiro atoms. The van der Waals surface area contributed by atoms with Gasteiger partial charge in [0.05, 0.1) is 29.8 Å². The van der Waals surface area contributed by atoms with E-state index >= 15 is 0 Å². The SMILES string of the molecule is N#Cc1ccc(NCC2(NC(=O)CN3CCCC3C#N)C3CC4CC(C3)CC2C4)nc1.O=C(O)C=CC(=O)O. The Balaban J connectivity index is 0.000000386. The summed E-state index contributed by atoms with van der Waals surface area (Å²) in [4.78, 5) is 38.7. The van der Waals surface area contributed by atoms with Crippen molar-refractivity contribution in [1.82, 2.24) is 15.2 Å². The summed E-state index contributed by atoms with van der Waals surface area (Å²) >= 11 is 0. The van der Waals surface area contributed by atoms with Crippen LogP contribution in [0.3, 0.4) is 0 Å². The van der Waals surface area contributed by atoms with Gasteiger partial charge in [-0.25, -0.2) is 14.6 Å². The minimum Gasteiger partial charge on any atom is -0.478 e. The fourth-order valence-corrected chi connectivity index (χ4v) is 7.15. The van der Waals surface area contributed by atoms with Crippen LogP contribution in [-0.2, 0) is 14.4 Å². The number of amides is 1. The van der Waals surface area contributed by atoms with Crippen molar-refractivity contribution < 1.29 is 24.6 Å². The van der Waals surface area contributed by atoms with E-state index in [-0.39, 0.29) is 17.5 Å². The number of carboxylic acid groups (broad SMARTS) is 2. The van der Waals surface area contributed by atoms with Crippen LogP contribution in [0.5, 0.6) is 0 Å². The molecule has 6 rings (SSSR count). The van der Waals surface area contributed by atoms with E-state index in [0.717, 1.165) is 37.0 Å². The van der Waals surface area contributed by atoms with Crippen molar-refractivity contribution in [3.8, 4) is 12.1 Å². The summed E-state index contributed by atoms with van der Waals surface area (Å²) in [5.74, 6) is 0.867. The number of nitriles is 2. The maximum Gasteiger partial charge on any atom is 0.328 e. The highest BCUT2D eigenvalue weighted by atomic mass is 16.4. The number of pyridine rings is 1. The van der Waals surface area contributed by atoms with Crippen LogP contribution in [-0.4, -0.2) is 69.2 Å². The molecule has 0 radical (unpaired) electrons. The summed E-state index contributed by atoms with van der Waals surface area (Å²) in [5, 5.41) is 41.0. The normalized spacial score (nSPS) is 30.6. The van der Waals surface area contributed by atoms with Gasteiger partial charge in [-0.3, -0.25) is 9.69 Å². The Kier molecular flexibility index (Phi) is 8.82. The van der Waals surface area contributed by atoms with Gasteiger partial charge in [-0.05, 0) is 80.8 Å². The smallest absolute Gasteiger partial charge is 0.328 e. The molecule has 1 saturated heterocycles. The second kappa shape index (κ2) is 12.3. The molecule has 1 aromatic heterocycles. The maximum atomic E-state index is 13.2. The van der Waals surface area contributed by atoms with Crippen LogP contribution in [0.15, 0.2) is 30.5 Å². The second-order valence-electron chi connectivity index (χ2n) is 11.1. The fourth-order valence-electron chi connectivity index (χ4n) is 7.15. The number of carbonyl (C=O) groups is 3. The van der Waals surface area contributed by atoms with E-state index in [1.807, 2.05) is 11.0 Å². The molecule has 39 heavy (non-hydrogen) atoms. The van der Waals surface area contributed by atoms with Crippen molar-refractivity contribution in [1.29, 1.82) is 10.5 Å². The van der Waals surface area contributed by atoms with Gasteiger partial charge in [0.1, 0.15) is 11.9 Å². The van der Waals surface area contributed by atoms with E-state index in [1.165, 1.54) is 32.1 Å². The largest absolute Gasteiger partial charge is 0.478 e. The molecule has 2 heterocycles. The number of aliphatic carboxylic acids is 2. The molecule has 4 N–H and O–H groups in total. The maximum absolute atomic E-state index is 13.2. The van der Waals surface area contributed by atoms with Gasteiger partial charge in [-0.2, -0.15) is 10.5 Å². The highest BCUT2D eigenvalue weighted by molar-refractivity contribution is 5.89. The van der Waals surface area contributed by atoms with Gasteiger partial charge in [0.15, 0.2) is 0 Å². The molecule has 5 aliphatic rings. The molecule has 0 aromatic carbocycles. The van der Waals surface area contributed by atoms with Crippen molar-refractivity contribution in [3.63, 3.8) is 0 Å². The van der Waals surface area contributed by atoms with E-state index in [2.05, 4.69) is 27.8 Å². The molecule has 11 nitrogen and oxygen atoms in total. The van der Waals surface area contributed by atoms with Crippen LogP contribution in [0.4, 0.5) is 5.82 Å². The Labute approximate surface area is 227 Å². The molecular formula is C28H34N6O5. The number of nitrogens with one attached hydrogen (secondary N) is 2. The van der Waals surface area contributed by atoms with Gasteiger partial charge in [0.25, 0.3) is 0 Å². The minimum absolute atomic E-state index is 0.0456. The van der Waals surface area contributed by atoms with Crippen molar-refractivity contribution in [2.75, 3.05) is 25.0 Å². The standard InChI is InChI=1S/C24H30N6O.C4H4O4/c25-11-16-3-4-22(27-13-16)28-15-24(19-7-17-6-18(9-19)10-20(24)8-17)29-23(31)14-30-5-1-2-21(30)12-26;5-3(6)1-2-4(7)8/h3-4,13,17-21H,1-2,5-10,14-15H2,(H,27,28)(H,29,31);1-2H,(H,5,6)(H,7,8). The number of likely N-dealkylation sites (tertiary alicyclic amines) is 1. The third kappa shape index (κ3) is 6.73.